The Kier molecular flexibility index (Phi) is 5.42. The summed E-state index contributed by atoms with van der Waals surface area (Å²) in [6.45, 7) is 4.35. The third kappa shape index (κ3) is 3.97. The molecule has 0 bridgehead atoms. The Morgan fingerprint density at radius 2 is 1.95 bits per heavy atom. The molecule has 0 spiro atoms. The van der Waals surface area contributed by atoms with Crippen molar-refractivity contribution in [3.05, 3.63) is 58.9 Å². The molecule has 1 heterocycles. The van der Waals surface area contributed by atoms with E-state index >= 15 is 0 Å². The Hall–Kier alpha value is -1.54. The van der Waals surface area contributed by atoms with Gasteiger partial charge in [-0.05, 0) is 43.0 Å². The molecule has 0 amide bonds. The van der Waals surface area contributed by atoms with Crippen molar-refractivity contribution in [3.8, 4) is 0 Å². The Labute approximate surface area is 126 Å². The van der Waals surface area contributed by atoms with Gasteiger partial charge in [0.1, 0.15) is 0 Å². The molecule has 106 valence electrons. The molecule has 2 rings (SSSR count). The fourth-order valence-electron chi connectivity index (χ4n) is 2.16. The molecule has 0 aliphatic heterocycles. The number of nitrogens with zero attached hydrogens (tertiary/aromatic N) is 1. The monoisotopic (exact) mass is 288 g/mol. The number of aromatic nitrogens is 1. The third-order valence-corrected chi connectivity index (χ3v) is 3.73. The maximum absolute atomic E-state index is 6.06. The quantitative estimate of drug-likeness (QED) is 0.734. The van der Waals surface area contributed by atoms with Gasteiger partial charge in [-0.15, -0.1) is 0 Å². The minimum Gasteiger partial charge on any atom is -0.376 e. The van der Waals surface area contributed by atoms with Crippen molar-refractivity contribution in [1.29, 1.82) is 0 Å². The molecule has 0 saturated carbocycles. The standard InChI is InChI=1S/C17H21ClN2/c1-3-4-6-14-8-10-15(11-9-14)13(2)20-16-7-5-12-19-17(16)18/h5,7-13,20H,3-4,6H2,1-2H3. The molecule has 2 aromatic rings. The fourth-order valence-corrected chi connectivity index (χ4v) is 2.34. The first-order valence-electron chi connectivity index (χ1n) is 7.16. The van der Waals surface area contributed by atoms with Gasteiger partial charge in [-0.3, -0.25) is 0 Å². The molecule has 0 aliphatic rings. The smallest absolute Gasteiger partial charge is 0.152 e. The Balaban J connectivity index is 2.02. The summed E-state index contributed by atoms with van der Waals surface area (Å²) in [6.07, 6.45) is 5.34. The molecule has 1 unspecified atom stereocenters. The first-order chi connectivity index (χ1) is 9.70. The van der Waals surface area contributed by atoms with Crippen LogP contribution in [0.1, 0.15) is 43.9 Å². The van der Waals surface area contributed by atoms with E-state index in [0.29, 0.717) is 5.15 Å². The fraction of sp³-hybridized carbons (Fsp3) is 0.353. The van der Waals surface area contributed by atoms with Gasteiger partial charge in [-0.1, -0.05) is 49.2 Å². The zero-order valence-electron chi connectivity index (χ0n) is 12.1. The highest BCUT2D eigenvalue weighted by Crippen LogP contribution is 2.24. The average molecular weight is 289 g/mol. The topological polar surface area (TPSA) is 24.9 Å². The summed E-state index contributed by atoms with van der Waals surface area (Å²) in [4.78, 5) is 4.08. The van der Waals surface area contributed by atoms with Crippen LogP contribution in [0.2, 0.25) is 5.15 Å². The second-order valence-corrected chi connectivity index (χ2v) is 5.41. The molecule has 1 atom stereocenters. The summed E-state index contributed by atoms with van der Waals surface area (Å²) >= 11 is 6.06. The predicted octanol–water partition coefficient (Wildman–Crippen LogP) is 5.25. The second-order valence-electron chi connectivity index (χ2n) is 5.05. The second kappa shape index (κ2) is 7.30. The van der Waals surface area contributed by atoms with E-state index < -0.39 is 0 Å². The molecule has 1 aromatic carbocycles. The summed E-state index contributed by atoms with van der Waals surface area (Å²) in [5.74, 6) is 0. The van der Waals surface area contributed by atoms with Gasteiger partial charge in [-0.2, -0.15) is 0 Å². The summed E-state index contributed by atoms with van der Waals surface area (Å²) in [7, 11) is 0. The van der Waals surface area contributed by atoms with Crippen LogP contribution in [0.15, 0.2) is 42.6 Å². The van der Waals surface area contributed by atoms with E-state index in [9.17, 15) is 0 Å². The van der Waals surface area contributed by atoms with Crippen LogP contribution in [0.5, 0.6) is 0 Å². The molecule has 0 radical (unpaired) electrons. The average Bonchev–Trinajstić information content (AvgIpc) is 2.48. The normalized spacial score (nSPS) is 12.2. The number of nitrogens with one attached hydrogen (secondary N) is 1. The van der Waals surface area contributed by atoms with E-state index in [1.165, 1.54) is 24.0 Å². The van der Waals surface area contributed by atoms with Gasteiger partial charge in [0, 0.05) is 12.2 Å². The van der Waals surface area contributed by atoms with E-state index in [1.807, 2.05) is 12.1 Å². The zero-order valence-corrected chi connectivity index (χ0v) is 12.8. The van der Waals surface area contributed by atoms with Crippen molar-refractivity contribution in [2.45, 2.75) is 39.2 Å². The van der Waals surface area contributed by atoms with Gasteiger partial charge in [0.2, 0.25) is 0 Å². The molecule has 0 fully saturated rings. The van der Waals surface area contributed by atoms with Gasteiger partial charge in [0.15, 0.2) is 5.15 Å². The van der Waals surface area contributed by atoms with Gasteiger partial charge >= 0.3 is 0 Å². The maximum atomic E-state index is 6.06. The molecule has 3 heteroatoms. The van der Waals surface area contributed by atoms with Gasteiger partial charge in [0.05, 0.1) is 5.69 Å². The lowest BCUT2D eigenvalue weighted by Crippen LogP contribution is -2.07. The Morgan fingerprint density at radius 3 is 2.60 bits per heavy atom. The highest BCUT2D eigenvalue weighted by molar-refractivity contribution is 6.31. The highest BCUT2D eigenvalue weighted by atomic mass is 35.5. The van der Waals surface area contributed by atoms with Crippen LogP contribution in [0.25, 0.3) is 0 Å². The first kappa shape index (κ1) is 14.9. The predicted molar refractivity (Wildman–Crippen MR) is 86.3 cm³/mol. The van der Waals surface area contributed by atoms with Crippen LogP contribution >= 0.6 is 11.6 Å². The lowest BCUT2D eigenvalue weighted by molar-refractivity contribution is 0.793. The molecule has 1 N–H and O–H groups in total. The van der Waals surface area contributed by atoms with Gasteiger partial charge in [-0.25, -0.2) is 4.98 Å². The zero-order chi connectivity index (χ0) is 14.4. The number of pyridine rings is 1. The number of hydrogen-bond donors (Lipinski definition) is 1. The van der Waals surface area contributed by atoms with E-state index in [1.54, 1.807) is 6.20 Å². The van der Waals surface area contributed by atoms with Crippen LogP contribution in [0, 0.1) is 0 Å². The van der Waals surface area contributed by atoms with Crippen molar-refractivity contribution in [1.82, 2.24) is 4.98 Å². The molecule has 0 aliphatic carbocycles. The summed E-state index contributed by atoms with van der Waals surface area (Å²) in [5, 5.41) is 3.91. The Bertz CT molecular complexity index is 537. The summed E-state index contributed by atoms with van der Waals surface area (Å²) in [5.41, 5.74) is 3.53. The van der Waals surface area contributed by atoms with E-state index in [4.69, 9.17) is 11.6 Å². The molecule has 2 nitrogen and oxygen atoms in total. The molecular formula is C17H21ClN2. The molecule has 1 aromatic heterocycles. The maximum Gasteiger partial charge on any atom is 0.152 e. The van der Waals surface area contributed by atoms with Crippen molar-refractivity contribution < 1.29 is 0 Å². The van der Waals surface area contributed by atoms with Crippen LogP contribution in [-0.4, -0.2) is 4.98 Å². The number of benzene rings is 1. The van der Waals surface area contributed by atoms with Crippen molar-refractivity contribution in [2.75, 3.05) is 5.32 Å². The summed E-state index contributed by atoms with van der Waals surface area (Å²) in [6, 6.07) is 12.8. The lowest BCUT2D eigenvalue weighted by Gasteiger charge is -2.16. The molecule has 20 heavy (non-hydrogen) atoms. The summed E-state index contributed by atoms with van der Waals surface area (Å²) < 4.78 is 0. The van der Waals surface area contributed by atoms with Gasteiger partial charge in [0.25, 0.3) is 0 Å². The van der Waals surface area contributed by atoms with E-state index in [-0.39, 0.29) is 6.04 Å². The molecular weight excluding hydrogens is 268 g/mol. The number of halogens is 1. The minimum absolute atomic E-state index is 0.205. The number of aryl methyl sites for hydroxylation is 1. The number of hydrogen-bond acceptors (Lipinski definition) is 2. The first-order valence-corrected chi connectivity index (χ1v) is 7.54. The van der Waals surface area contributed by atoms with Crippen LogP contribution < -0.4 is 5.32 Å². The van der Waals surface area contributed by atoms with Crippen molar-refractivity contribution >= 4 is 17.3 Å². The van der Waals surface area contributed by atoms with Crippen LogP contribution in [0.4, 0.5) is 5.69 Å². The largest absolute Gasteiger partial charge is 0.376 e. The van der Waals surface area contributed by atoms with Crippen molar-refractivity contribution in [3.63, 3.8) is 0 Å². The van der Waals surface area contributed by atoms with Crippen LogP contribution in [0.3, 0.4) is 0 Å². The minimum atomic E-state index is 0.205. The van der Waals surface area contributed by atoms with Crippen LogP contribution in [-0.2, 0) is 6.42 Å². The SMILES string of the molecule is CCCCc1ccc(C(C)Nc2cccnc2Cl)cc1. The highest BCUT2D eigenvalue weighted by Gasteiger charge is 2.07. The number of unbranched alkanes of at least 4 members (excludes halogenated alkanes) is 1. The van der Waals surface area contributed by atoms with E-state index in [2.05, 4.69) is 48.4 Å². The van der Waals surface area contributed by atoms with Gasteiger partial charge < -0.3 is 5.32 Å². The lowest BCUT2D eigenvalue weighted by atomic mass is 10.0. The number of rotatable bonds is 6. The molecule has 0 saturated heterocycles. The Morgan fingerprint density at radius 1 is 1.20 bits per heavy atom. The van der Waals surface area contributed by atoms with Crippen molar-refractivity contribution in [2.24, 2.45) is 0 Å². The number of anilines is 1. The third-order valence-electron chi connectivity index (χ3n) is 3.43. The van der Waals surface area contributed by atoms with E-state index in [0.717, 1.165) is 12.1 Å².